The monoisotopic (exact) mass is 469 g/mol. The summed E-state index contributed by atoms with van der Waals surface area (Å²) in [6.45, 7) is 1.85. The van der Waals surface area contributed by atoms with Crippen molar-refractivity contribution >= 4 is 28.1 Å². The van der Waals surface area contributed by atoms with Gasteiger partial charge >= 0.3 is 0 Å². The van der Waals surface area contributed by atoms with Gasteiger partial charge in [-0.15, -0.1) is 0 Å². The molecule has 7 heteroatoms. The Morgan fingerprint density at radius 1 is 1.36 bits per heavy atom. The number of likely N-dealkylation sites (N-methyl/N-ethyl adjacent to an activating group) is 1. The maximum absolute atomic E-state index is 14.6. The van der Waals surface area contributed by atoms with E-state index in [1.165, 1.54) is 37.1 Å². The molecule has 1 aliphatic heterocycles. The molecule has 5 rings (SSSR count). The van der Waals surface area contributed by atoms with Gasteiger partial charge in [-0.3, -0.25) is 4.70 Å². The highest BCUT2D eigenvalue weighted by Gasteiger charge is 2.63. The number of nitrogens with zero attached hydrogens (tertiary/aromatic N) is 2. The van der Waals surface area contributed by atoms with Crippen LogP contribution >= 0.6 is 28.1 Å². The van der Waals surface area contributed by atoms with E-state index in [1.807, 2.05) is 6.07 Å². The molecular formula is C21H26BrF2N3S. The van der Waals surface area contributed by atoms with Gasteiger partial charge in [-0.2, -0.15) is 0 Å². The van der Waals surface area contributed by atoms with Gasteiger partial charge in [0.2, 0.25) is 0 Å². The van der Waals surface area contributed by atoms with Gasteiger partial charge in [0.15, 0.2) is 4.77 Å². The van der Waals surface area contributed by atoms with Gasteiger partial charge in [0.05, 0.1) is 0 Å². The third kappa shape index (κ3) is 3.10. The molecule has 2 aromatic rings. The summed E-state index contributed by atoms with van der Waals surface area (Å²) < 4.78 is 18.6. The molecular weight excluding hydrogens is 444 g/mol. The van der Waals surface area contributed by atoms with Crippen LogP contribution in [0.1, 0.15) is 55.0 Å². The fourth-order valence-corrected chi connectivity index (χ4v) is 6.12. The first-order valence-corrected chi connectivity index (χ1v) is 11.2. The van der Waals surface area contributed by atoms with Crippen molar-refractivity contribution < 1.29 is 9.09 Å². The molecule has 28 heavy (non-hydrogen) atoms. The Balaban J connectivity index is 0.00000192. The first-order valence-electron chi connectivity index (χ1n) is 9.97. The van der Waals surface area contributed by atoms with Crippen LogP contribution in [-0.2, 0) is 18.4 Å². The molecule has 0 spiro atoms. The molecule has 1 N–H and O–H groups in total. The molecule has 0 amide bonds. The molecule has 1 aromatic heterocycles. The first kappa shape index (κ1) is 20.2. The number of H-pyrrole nitrogens is 1. The molecule has 3 aliphatic rings. The summed E-state index contributed by atoms with van der Waals surface area (Å²) in [5.74, 6) is 0.296. The van der Waals surface area contributed by atoms with Gasteiger partial charge in [0, 0.05) is 52.7 Å². The van der Waals surface area contributed by atoms with Crippen molar-refractivity contribution in [1.82, 2.24) is 14.5 Å². The van der Waals surface area contributed by atoms with Crippen LogP contribution in [0.15, 0.2) is 22.7 Å². The summed E-state index contributed by atoms with van der Waals surface area (Å²) in [4.78, 5) is 5.97. The Labute approximate surface area is 177 Å². The Bertz CT molecular complexity index is 950. The number of halogens is 3. The second kappa shape index (κ2) is 7.33. The first-order chi connectivity index (χ1) is 13.0. The predicted molar refractivity (Wildman–Crippen MR) is 114 cm³/mol. The molecule has 2 aliphatic carbocycles. The number of aromatic amines is 1. The molecule has 3 nitrogen and oxygen atoms in total. The smallest absolute Gasteiger partial charge is 0.177 e. The van der Waals surface area contributed by atoms with Gasteiger partial charge in [-0.05, 0) is 62.3 Å². The SMILES string of the molecule is CN(CCc1[nH]c(=S)n2c1[C@@H]1C[C@]1(c1cc(Br)ccc1F)C2)C1CCCC1.F. The lowest BCUT2D eigenvalue weighted by atomic mass is 9.93. The Hall–Kier alpha value is -1.05. The van der Waals surface area contributed by atoms with E-state index in [9.17, 15) is 4.39 Å². The summed E-state index contributed by atoms with van der Waals surface area (Å²) in [6.07, 6.45) is 7.40. The predicted octanol–water partition coefficient (Wildman–Crippen LogP) is 5.46. The minimum absolute atomic E-state index is 0. The highest BCUT2D eigenvalue weighted by atomic mass is 79.9. The lowest BCUT2D eigenvalue weighted by Gasteiger charge is -2.23. The third-order valence-corrected chi connectivity index (χ3v) is 7.89. The van der Waals surface area contributed by atoms with Crippen molar-refractivity contribution in [2.45, 2.75) is 62.4 Å². The average Bonchev–Trinajstić information content (AvgIpc) is 3.01. The molecule has 2 fully saturated rings. The molecule has 0 unspecified atom stereocenters. The molecule has 0 saturated heterocycles. The topological polar surface area (TPSA) is 24.0 Å². The number of rotatable bonds is 5. The van der Waals surface area contributed by atoms with Gasteiger partial charge < -0.3 is 14.5 Å². The average molecular weight is 470 g/mol. The summed E-state index contributed by atoms with van der Waals surface area (Å²) in [5.41, 5.74) is 3.34. The third-order valence-electron chi connectivity index (χ3n) is 7.08. The quantitative estimate of drug-likeness (QED) is 0.588. The fraction of sp³-hybridized carbons (Fsp3) is 0.571. The zero-order valence-corrected chi connectivity index (χ0v) is 18.4. The van der Waals surface area contributed by atoms with Crippen LogP contribution in [0.25, 0.3) is 0 Å². The molecule has 0 radical (unpaired) electrons. The summed E-state index contributed by atoms with van der Waals surface area (Å²) in [5, 5.41) is 0. The molecule has 2 atom stereocenters. The minimum Gasteiger partial charge on any atom is -0.334 e. The van der Waals surface area contributed by atoms with Crippen molar-refractivity contribution in [1.29, 1.82) is 0 Å². The van der Waals surface area contributed by atoms with E-state index >= 15 is 0 Å². The highest BCUT2D eigenvalue weighted by molar-refractivity contribution is 9.10. The number of hydrogen-bond acceptors (Lipinski definition) is 2. The van der Waals surface area contributed by atoms with Crippen molar-refractivity contribution in [3.05, 3.63) is 50.2 Å². The number of imidazole rings is 1. The van der Waals surface area contributed by atoms with E-state index in [-0.39, 0.29) is 15.9 Å². The Morgan fingerprint density at radius 2 is 2.11 bits per heavy atom. The van der Waals surface area contributed by atoms with Gasteiger partial charge in [-0.25, -0.2) is 4.39 Å². The van der Waals surface area contributed by atoms with Crippen LogP contribution < -0.4 is 0 Å². The van der Waals surface area contributed by atoms with Crippen LogP contribution in [0.3, 0.4) is 0 Å². The second-order valence-corrected chi connectivity index (χ2v) is 9.89. The number of fused-ring (bicyclic) bond motifs is 3. The zero-order chi connectivity index (χ0) is 18.8. The van der Waals surface area contributed by atoms with E-state index in [0.717, 1.165) is 46.8 Å². The Morgan fingerprint density at radius 3 is 2.86 bits per heavy atom. The highest BCUT2D eigenvalue weighted by Crippen LogP contribution is 2.66. The molecule has 2 heterocycles. The van der Waals surface area contributed by atoms with Crippen molar-refractivity contribution in [2.75, 3.05) is 13.6 Å². The van der Waals surface area contributed by atoms with Crippen LogP contribution in [0, 0.1) is 10.6 Å². The van der Waals surface area contributed by atoms with Crippen LogP contribution in [0.4, 0.5) is 9.09 Å². The summed E-state index contributed by atoms with van der Waals surface area (Å²) >= 11 is 9.12. The maximum atomic E-state index is 14.6. The second-order valence-electron chi connectivity index (χ2n) is 8.59. The minimum atomic E-state index is -0.0992. The van der Waals surface area contributed by atoms with E-state index in [2.05, 4.69) is 37.4 Å². The van der Waals surface area contributed by atoms with E-state index in [1.54, 1.807) is 12.1 Å². The lowest BCUT2D eigenvalue weighted by molar-refractivity contribution is 0.248. The summed E-state index contributed by atoms with van der Waals surface area (Å²) in [7, 11) is 2.25. The number of aromatic nitrogens is 2. The van der Waals surface area contributed by atoms with Crippen LogP contribution in [0.5, 0.6) is 0 Å². The maximum Gasteiger partial charge on any atom is 0.177 e. The molecule has 0 bridgehead atoms. The van der Waals surface area contributed by atoms with Gasteiger partial charge in [0.25, 0.3) is 0 Å². The van der Waals surface area contributed by atoms with Crippen molar-refractivity contribution in [3.63, 3.8) is 0 Å². The molecule has 2 saturated carbocycles. The number of benzene rings is 1. The zero-order valence-electron chi connectivity index (χ0n) is 16.0. The number of nitrogens with one attached hydrogen (secondary N) is 1. The number of hydrogen-bond donors (Lipinski definition) is 1. The normalized spacial score (nSPS) is 25.6. The van der Waals surface area contributed by atoms with Gasteiger partial charge in [-0.1, -0.05) is 28.8 Å². The fourth-order valence-electron chi connectivity index (χ4n) is 5.48. The largest absolute Gasteiger partial charge is 0.334 e. The lowest BCUT2D eigenvalue weighted by Crippen LogP contribution is -2.31. The van der Waals surface area contributed by atoms with E-state index < -0.39 is 0 Å². The van der Waals surface area contributed by atoms with Crippen molar-refractivity contribution in [3.8, 4) is 0 Å². The van der Waals surface area contributed by atoms with E-state index in [0.29, 0.717) is 5.92 Å². The molecule has 1 aromatic carbocycles. The van der Waals surface area contributed by atoms with Crippen molar-refractivity contribution in [2.24, 2.45) is 0 Å². The Kier molecular flexibility index (Phi) is 5.30. The van der Waals surface area contributed by atoms with Crippen LogP contribution in [-0.4, -0.2) is 34.1 Å². The standard InChI is InChI=1S/C21H25BrFN3S.FH/c1-25(14-4-2-3-5-14)9-8-18-19-16-11-21(16,12-26(19)20(27)24-18)15-10-13(22)6-7-17(15)23;/h6-7,10,14,16H,2-5,8-9,11-12H2,1H3,(H,24,27);1H/t16-,21+;/m0./s1. The summed E-state index contributed by atoms with van der Waals surface area (Å²) in [6, 6.07) is 6.05. The molecule has 152 valence electrons. The van der Waals surface area contributed by atoms with E-state index in [4.69, 9.17) is 12.2 Å². The van der Waals surface area contributed by atoms with Gasteiger partial charge in [0.1, 0.15) is 5.82 Å². The van der Waals surface area contributed by atoms with Crippen LogP contribution in [0.2, 0.25) is 0 Å².